The van der Waals surface area contributed by atoms with E-state index in [0.717, 1.165) is 0 Å². The monoisotopic (exact) mass is 380 g/mol. The van der Waals surface area contributed by atoms with Crippen LogP contribution in [0.25, 0.3) is 0 Å². The zero-order chi connectivity index (χ0) is 18.4. The van der Waals surface area contributed by atoms with Crippen molar-refractivity contribution < 1.29 is 14.3 Å². The first kappa shape index (κ1) is 19.2. The minimum absolute atomic E-state index is 0.155. The van der Waals surface area contributed by atoms with Gasteiger partial charge in [0.2, 0.25) is 5.91 Å². The number of benzene rings is 2. The molecule has 0 aliphatic rings. The molecule has 0 spiro atoms. The molecule has 2 amide bonds. The Kier molecular flexibility index (Phi) is 6.82. The van der Waals surface area contributed by atoms with E-state index in [1.54, 1.807) is 42.5 Å². The lowest BCUT2D eigenvalue weighted by atomic mass is 10.0. The Hall–Kier alpha value is -2.08. The fourth-order valence-electron chi connectivity index (χ4n) is 2.40. The summed E-state index contributed by atoms with van der Waals surface area (Å²) < 4.78 is 5.26. The van der Waals surface area contributed by atoms with Crippen molar-refractivity contribution in [1.82, 2.24) is 5.32 Å². The van der Waals surface area contributed by atoms with Gasteiger partial charge < -0.3 is 15.8 Å². The summed E-state index contributed by atoms with van der Waals surface area (Å²) in [5, 5.41) is 3.51. The fraction of sp³-hybridized carbons (Fsp3) is 0.222. The second kappa shape index (κ2) is 8.85. The molecule has 7 heteroatoms. The summed E-state index contributed by atoms with van der Waals surface area (Å²) in [6.07, 6.45) is -0.689. The van der Waals surface area contributed by atoms with E-state index in [9.17, 15) is 9.59 Å². The predicted molar refractivity (Wildman–Crippen MR) is 97.5 cm³/mol. The van der Waals surface area contributed by atoms with Crippen LogP contribution in [-0.2, 0) is 20.7 Å². The van der Waals surface area contributed by atoms with Crippen molar-refractivity contribution in [3.05, 3.63) is 69.7 Å². The summed E-state index contributed by atoms with van der Waals surface area (Å²) in [7, 11) is 1.42. The summed E-state index contributed by atoms with van der Waals surface area (Å²) >= 11 is 12.0. The minimum Gasteiger partial charge on any atom is -0.368 e. The zero-order valence-corrected chi connectivity index (χ0v) is 15.1. The van der Waals surface area contributed by atoms with E-state index in [2.05, 4.69) is 5.32 Å². The quantitative estimate of drug-likeness (QED) is 0.774. The van der Waals surface area contributed by atoms with Crippen LogP contribution < -0.4 is 11.1 Å². The molecule has 0 saturated heterocycles. The van der Waals surface area contributed by atoms with Crippen molar-refractivity contribution in [2.75, 3.05) is 7.11 Å². The molecule has 132 valence electrons. The van der Waals surface area contributed by atoms with Gasteiger partial charge in [0.25, 0.3) is 5.91 Å². The maximum Gasteiger partial charge on any atom is 0.254 e. The van der Waals surface area contributed by atoms with Crippen molar-refractivity contribution in [1.29, 1.82) is 0 Å². The average Bonchev–Trinajstić information content (AvgIpc) is 2.58. The number of hydrogen-bond acceptors (Lipinski definition) is 3. The summed E-state index contributed by atoms with van der Waals surface area (Å²) in [5.41, 5.74) is 6.76. The normalized spacial score (nSPS) is 13.1. The topological polar surface area (TPSA) is 81.4 Å². The Labute approximate surface area is 156 Å². The molecule has 0 fully saturated rings. The van der Waals surface area contributed by atoms with Crippen LogP contribution in [0.3, 0.4) is 0 Å². The molecule has 0 aliphatic carbocycles. The van der Waals surface area contributed by atoms with Crippen molar-refractivity contribution >= 4 is 35.0 Å². The third-order valence-electron chi connectivity index (χ3n) is 3.68. The Balaban J connectivity index is 2.15. The Morgan fingerprint density at radius 1 is 1.16 bits per heavy atom. The molecule has 2 aromatic carbocycles. The van der Waals surface area contributed by atoms with Crippen molar-refractivity contribution in [3.8, 4) is 0 Å². The molecule has 0 aromatic heterocycles. The fourth-order valence-corrected chi connectivity index (χ4v) is 2.89. The van der Waals surface area contributed by atoms with Crippen LogP contribution in [0.2, 0.25) is 10.0 Å². The molecular formula is C18H18Cl2N2O3. The van der Waals surface area contributed by atoms with E-state index in [1.807, 2.05) is 6.07 Å². The van der Waals surface area contributed by atoms with Gasteiger partial charge in [0.15, 0.2) is 6.10 Å². The largest absolute Gasteiger partial charge is 0.368 e. The Morgan fingerprint density at radius 3 is 2.40 bits per heavy atom. The number of halogens is 2. The molecule has 2 aromatic rings. The van der Waals surface area contributed by atoms with Gasteiger partial charge in [-0.3, -0.25) is 9.59 Å². The van der Waals surface area contributed by atoms with E-state index >= 15 is 0 Å². The highest BCUT2D eigenvalue weighted by molar-refractivity contribution is 6.35. The van der Waals surface area contributed by atoms with Crippen molar-refractivity contribution in [2.24, 2.45) is 5.73 Å². The van der Waals surface area contributed by atoms with Crippen molar-refractivity contribution in [3.63, 3.8) is 0 Å². The molecule has 2 rings (SSSR count). The highest BCUT2D eigenvalue weighted by Gasteiger charge is 2.26. The summed E-state index contributed by atoms with van der Waals surface area (Å²) in [5.74, 6) is -1.12. The van der Waals surface area contributed by atoms with Crippen LogP contribution in [-0.4, -0.2) is 25.0 Å². The van der Waals surface area contributed by atoms with Crippen LogP contribution in [0.15, 0.2) is 48.5 Å². The molecule has 0 radical (unpaired) electrons. The van der Waals surface area contributed by atoms with Gasteiger partial charge in [-0.2, -0.15) is 0 Å². The summed E-state index contributed by atoms with van der Waals surface area (Å²) in [6.45, 7) is 0. The third-order valence-corrected chi connectivity index (χ3v) is 4.26. The van der Waals surface area contributed by atoms with Crippen LogP contribution in [0.4, 0.5) is 0 Å². The van der Waals surface area contributed by atoms with Crippen molar-refractivity contribution in [2.45, 2.75) is 18.6 Å². The maximum absolute atomic E-state index is 12.5. The van der Waals surface area contributed by atoms with Gasteiger partial charge >= 0.3 is 0 Å². The number of nitrogens with two attached hydrogens (primary N) is 1. The number of methoxy groups -OCH3 is 1. The van der Waals surface area contributed by atoms with Crippen LogP contribution in [0, 0.1) is 0 Å². The van der Waals surface area contributed by atoms with E-state index in [-0.39, 0.29) is 6.42 Å². The number of amides is 2. The Morgan fingerprint density at radius 2 is 1.84 bits per heavy atom. The highest BCUT2D eigenvalue weighted by atomic mass is 35.5. The summed E-state index contributed by atoms with van der Waals surface area (Å²) in [4.78, 5) is 24.3. The van der Waals surface area contributed by atoms with Gasteiger partial charge in [0.1, 0.15) is 6.04 Å². The number of ether oxygens (including phenoxy) is 1. The zero-order valence-electron chi connectivity index (χ0n) is 13.5. The summed E-state index contributed by atoms with van der Waals surface area (Å²) in [6, 6.07) is 13.0. The third kappa shape index (κ3) is 5.19. The van der Waals surface area contributed by atoms with E-state index in [4.69, 9.17) is 33.7 Å². The first-order valence-electron chi connectivity index (χ1n) is 7.53. The lowest BCUT2D eigenvalue weighted by molar-refractivity contribution is -0.134. The molecule has 0 heterocycles. The molecular weight excluding hydrogens is 363 g/mol. The molecule has 25 heavy (non-hydrogen) atoms. The molecule has 0 bridgehead atoms. The SMILES string of the molecule is CO[C@@H](C(=O)N[C@@H](Cc1ccc(Cl)cc1Cl)C(N)=O)c1ccccc1. The number of nitrogens with one attached hydrogen (secondary N) is 1. The number of carbonyl (C=O) groups excluding carboxylic acids is 2. The van der Waals surface area contributed by atoms with Gasteiger partial charge in [0.05, 0.1) is 0 Å². The Bertz CT molecular complexity index is 753. The second-order valence-electron chi connectivity index (χ2n) is 5.43. The van der Waals surface area contributed by atoms with E-state index in [1.165, 1.54) is 7.11 Å². The molecule has 5 nitrogen and oxygen atoms in total. The lowest BCUT2D eigenvalue weighted by Crippen LogP contribution is -2.47. The first-order valence-corrected chi connectivity index (χ1v) is 8.29. The van der Waals surface area contributed by atoms with E-state index < -0.39 is 24.0 Å². The second-order valence-corrected chi connectivity index (χ2v) is 6.27. The maximum atomic E-state index is 12.5. The highest BCUT2D eigenvalue weighted by Crippen LogP contribution is 2.22. The number of hydrogen-bond donors (Lipinski definition) is 2. The van der Waals surface area contributed by atoms with Gasteiger partial charge in [-0.05, 0) is 23.3 Å². The average molecular weight is 381 g/mol. The molecule has 2 atom stereocenters. The molecule has 0 unspecified atom stereocenters. The van der Waals surface area contributed by atoms with Gasteiger partial charge in [0, 0.05) is 23.6 Å². The van der Waals surface area contributed by atoms with Gasteiger partial charge in [-0.25, -0.2) is 0 Å². The molecule has 0 aliphatic heterocycles. The van der Waals surface area contributed by atoms with E-state index in [0.29, 0.717) is 21.2 Å². The number of primary amides is 1. The number of carbonyl (C=O) groups is 2. The minimum atomic E-state index is -0.924. The van der Waals surface area contributed by atoms with Gasteiger partial charge in [-0.15, -0.1) is 0 Å². The van der Waals surface area contributed by atoms with Gasteiger partial charge in [-0.1, -0.05) is 59.6 Å². The predicted octanol–water partition coefficient (Wildman–Crippen LogP) is 2.89. The molecule has 3 N–H and O–H groups in total. The molecule has 0 saturated carbocycles. The first-order chi connectivity index (χ1) is 11.9. The standard InChI is InChI=1S/C18H18Cl2N2O3/c1-25-16(11-5-3-2-4-6-11)18(24)22-15(17(21)23)9-12-7-8-13(19)10-14(12)20/h2-8,10,15-16H,9H2,1H3,(H2,21,23)(H,22,24)/t15-,16+/m0/s1. The van der Waals surface area contributed by atoms with Crippen LogP contribution in [0.1, 0.15) is 17.2 Å². The van der Waals surface area contributed by atoms with Crippen LogP contribution in [0.5, 0.6) is 0 Å². The smallest absolute Gasteiger partial charge is 0.254 e. The van der Waals surface area contributed by atoms with Crippen LogP contribution >= 0.6 is 23.2 Å². The lowest BCUT2D eigenvalue weighted by Gasteiger charge is -2.21. The number of rotatable bonds is 7.